The normalized spacial score (nSPS) is 14.6. The van der Waals surface area contributed by atoms with Crippen LogP contribution in [0.2, 0.25) is 0 Å². The molecule has 1 aliphatic heterocycles. The van der Waals surface area contributed by atoms with Crippen molar-refractivity contribution in [2.75, 3.05) is 26.3 Å². The zero-order chi connectivity index (χ0) is 23.4. The SMILES string of the molecule is C#CCOc1ccc(C=C2CN(CC)Cc3c2nc2ccccc2c3C(=O)O)cc1OCC. The first kappa shape index (κ1) is 22.4. The van der Waals surface area contributed by atoms with Gasteiger partial charge < -0.3 is 14.6 Å². The summed E-state index contributed by atoms with van der Waals surface area (Å²) in [5, 5.41) is 10.7. The number of fused-ring (bicyclic) bond motifs is 2. The lowest BCUT2D eigenvalue weighted by Crippen LogP contribution is -2.31. The molecule has 1 aliphatic rings. The number of likely N-dealkylation sites (N-methyl/N-ethyl adjacent to an activating group) is 1. The van der Waals surface area contributed by atoms with Crippen molar-refractivity contribution in [3.05, 3.63) is 64.8 Å². The maximum Gasteiger partial charge on any atom is 0.336 e. The van der Waals surface area contributed by atoms with E-state index >= 15 is 0 Å². The van der Waals surface area contributed by atoms with Gasteiger partial charge in [0.1, 0.15) is 6.61 Å². The Morgan fingerprint density at radius 2 is 2.00 bits per heavy atom. The molecule has 2 aromatic carbocycles. The smallest absolute Gasteiger partial charge is 0.336 e. The van der Waals surface area contributed by atoms with Gasteiger partial charge >= 0.3 is 5.97 Å². The van der Waals surface area contributed by atoms with E-state index < -0.39 is 5.97 Å². The van der Waals surface area contributed by atoms with Crippen LogP contribution in [0.1, 0.15) is 41.0 Å². The van der Waals surface area contributed by atoms with Crippen molar-refractivity contribution < 1.29 is 19.4 Å². The standard InChI is InChI=1S/C27H26N2O4/c1-4-13-33-23-12-11-18(15-24(23)32-6-3)14-19-16-29(5-2)17-21-25(27(30)31)20-9-7-8-10-22(20)28-26(19)21/h1,7-12,14-15H,5-6,13,16-17H2,2-3H3,(H,30,31). The Morgan fingerprint density at radius 3 is 2.73 bits per heavy atom. The fraction of sp³-hybridized carbons (Fsp3) is 0.259. The molecule has 6 nitrogen and oxygen atoms in total. The number of carboxylic acids is 1. The second-order valence-electron chi connectivity index (χ2n) is 7.74. The highest BCUT2D eigenvalue weighted by Crippen LogP contribution is 2.35. The van der Waals surface area contributed by atoms with Crippen LogP contribution >= 0.6 is 0 Å². The summed E-state index contributed by atoms with van der Waals surface area (Å²) in [6.45, 7) is 6.66. The van der Waals surface area contributed by atoms with Crippen molar-refractivity contribution in [1.29, 1.82) is 0 Å². The summed E-state index contributed by atoms with van der Waals surface area (Å²) in [6.07, 6.45) is 7.36. The second kappa shape index (κ2) is 9.76. The number of aromatic nitrogens is 1. The van der Waals surface area contributed by atoms with Crippen LogP contribution in [0, 0.1) is 12.3 Å². The molecule has 0 saturated heterocycles. The molecule has 3 aromatic rings. The van der Waals surface area contributed by atoms with Crippen LogP contribution in [0.25, 0.3) is 22.6 Å². The van der Waals surface area contributed by atoms with Gasteiger partial charge in [-0.3, -0.25) is 4.90 Å². The molecule has 0 spiro atoms. The second-order valence-corrected chi connectivity index (χ2v) is 7.74. The molecule has 4 rings (SSSR count). The van der Waals surface area contributed by atoms with Crippen LogP contribution in [-0.4, -0.2) is 47.3 Å². The van der Waals surface area contributed by atoms with Gasteiger partial charge in [0.2, 0.25) is 0 Å². The van der Waals surface area contributed by atoms with Gasteiger partial charge in [-0.05, 0) is 48.9 Å². The first-order chi connectivity index (χ1) is 16.0. The van der Waals surface area contributed by atoms with Crippen LogP contribution < -0.4 is 9.47 Å². The third-order valence-electron chi connectivity index (χ3n) is 5.65. The van der Waals surface area contributed by atoms with E-state index in [0.29, 0.717) is 47.7 Å². The summed E-state index contributed by atoms with van der Waals surface area (Å²) in [5.41, 5.74) is 4.37. The molecule has 168 valence electrons. The van der Waals surface area contributed by atoms with Crippen molar-refractivity contribution in [3.63, 3.8) is 0 Å². The molecule has 0 amide bonds. The number of pyridine rings is 1. The van der Waals surface area contributed by atoms with E-state index in [1.165, 1.54) is 0 Å². The molecule has 0 radical (unpaired) electrons. The molecule has 0 bridgehead atoms. The highest BCUT2D eigenvalue weighted by molar-refractivity contribution is 6.06. The average molecular weight is 443 g/mol. The van der Waals surface area contributed by atoms with E-state index in [-0.39, 0.29) is 6.61 Å². The minimum atomic E-state index is -0.934. The summed E-state index contributed by atoms with van der Waals surface area (Å²) in [4.78, 5) is 19.4. The first-order valence-electron chi connectivity index (χ1n) is 11.0. The molecule has 2 heterocycles. The number of carbonyl (C=O) groups is 1. The van der Waals surface area contributed by atoms with E-state index in [0.717, 1.165) is 28.9 Å². The number of hydrogen-bond donors (Lipinski definition) is 1. The number of nitrogens with zero attached hydrogens (tertiary/aromatic N) is 2. The molecular formula is C27H26N2O4. The third-order valence-corrected chi connectivity index (χ3v) is 5.65. The van der Waals surface area contributed by atoms with Gasteiger partial charge in [-0.2, -0.15) is 0 Å². The quantitative estimate of drug-likeness (QED) is 0.534. The number of aromatic carboxylic acids is 1. The number of hydrogen-bond acceptors (Lipinski definition) is 5. The van der Waals surface area contributed by atoms with Gasteiger partial charge in [0.05, 0.1) is 23.4 Å². The van der Waals surface area contributed by atoms with E-state index in [4.69, 9.17) is 20.9 Å². The Kier molecular flexibility index (Phi) is 6.62. The number of terminal acetylenes is 1. The maximum absolute atomic E-state index is 12.3. The number of benzene rings is 2. The highest BCUT2D eigenvalue weighted by atomic mass is 16.5. The van der Waals surface area contributed by atoms with Crippen LogP contribution in [0.4, 0.5) is 0 Å². The Labute approximate surface area is 193 Å². The fourth-order valence-electron chi connectivity index (χ4n) is 4.17. The Morgan fingerprint density at radius 1 is 1.18 bits per heavy atom. The molecule has 0 aliphatic carbocycles. The minimum Gasteiger partial charge on any atom is -0.490 e. The highest BCUT2D eigenvalue weighted by Gasteiger charge is 2.28. The lowest BCUT2D eigenvalue weighted by Gasteiger charge is -2.30. The molecule has 6 heteroatoms. The Hall–Kier alpha value is -3.82. The summed E-state index contributed by atoms with van der Waals surface area (Å²) in [7, 11) is 0. The Balaban J connectivity index is 1.87. The van der Waals surface area contributed by atoms with Gasteiger partial charge in [0.15, 0.2) is 11.5 Å². The van der Waals surface area contributed by atoms with Crippen LogP contribution in [-0.2, 0) is 6.54 Å². The van der Waals surface area contributed by atoms with E-state index in [1.807, 2.05) is 55.5 Å². The van der Waals surface area contributed by atoms with Crippen LogP contribution in [0.3, 0.4) is 0 Å². The molecule has 0 saturated carbocycles. The Bertz CT molecular complexity index is 1270. The van der Waals surface area contributed by atoms with Gasteiger partial charge in [0, 0.05) is 24.0 Å². The number of carboxylic acid groups (broad SMARTS) is 1. The fourth-order valence-corrected chi connectivity index (χ4v) is 4.17. The third kappa shape index (κ3) is 4.55. The first-order valence-corrected chi connectivity index (χ1v) is 11.0. The average Bonchev–Trinajstić information content (AvgIpc) is 2.82. The summed E-state index contributed by atoms with van der Waals surface area (Å²) in [6, 6.07) is 13.1. The van der Waals surface area contributed by atoms with Crippen molar-refractivity contribution in [2.45, 2.75) is 20.4 Å². The van der Waals surface area contributed by atoms with E-state index in [2.05, 4.69) is 17.7 Å². The van der Waals surface area contributed by atoms with Crippen LogP contribution in [0.5, 0.6) is 11.5 Å². The summed E-state index contributed by atoms with van der Waals surface area (Å²) < 4.78 is 11.4. The zero-order valence-electron chi connectivity index (χ0n) is 18.8. The topological polar surface area (TPSA) is 71.9 Å². The number of para-hydroxylation sites is 1. The molecule has 33 heavy (non-hydrogen) atoms. The minimum absolute atomic E-state index is 0.161. The number of rotatable bonds is 7. The molecule has 1 N–H and O–H groups in total. The van der Waals surface area contributed by atoms with Crippen molar-refractivity contribution >= 4 is 28.5 Å². The van der Waals surface area contributed by atoms with Crippen molar-refractivity contribution in [3.8, 4) is 23.8 Å². The van der Waals surface area contributed by atoms with Gasteiger partial charge in [-0.1, -0.05) is 37.1 Å². The molecule has 0 fully saturated rings. The predicted octanol–water partition coefficient (Wildman–Crippen LogP) is 4.72. The zero-order valence-corrected chi connectivity index (χ0v) is 18.8. The lowest BCUT2D eigenvalue weighted by atomic mass is 9.92. The predicted molar refractivity (Wildman–Crippen MR) is 129 cm³/mol. The summed E-state index contributed by atoms with van der Waals surface area (Å²) in [5.74, 6) is 2.74. The van der Waals surface area contributed by atoms with Crippen LogP contribution in [0.15, 0.2) is 42.5 Å². The number of ether oxygens (including phenoxy) is 2. The van der Waals surface area contributed by atoms with E-state index in [9.17, 15) is 9.90 Å². The van der Waals surface area contributed by atoms with Gasteiger partial charge in [0.25, 0.3) is 0 Å². The molecule has 1 aromatic heterocycles. The maximum atomic E-state index is 12.3. The van der Waals surface area contributed by atoms with Crippen molar-refractivity contribution in [2.24, 2.45) is 0 Å². The van der Waals surface area contributed by atoms with Gasteiger partial charge in [-0.25, -0.2) is 9.78 Å². The molecular weight excluding hydrogens is 416 g/mol. The van der Waals surface area contributed by atoms with E-state index in [1.54, 1.807) is 0 Å². The van der Waals surface area contributed by atoms with Gasteiger partial charge in [-0.15, -0.1) is 6.42 Å². The monoisotopic (exact) mass is 442 g/mol. The largest absolute Gasteiger partial charge is 0.490 e. The molecule has 0 atom stereocenters. The van der Waals surface area contributed by atoms with Crippen molar-refractivity contribution in [1.82, 2.24) is 9.88 Å². The lowest BCUT2D eigenvalue weighted by molar-refractivity contribution is 0.0696. The molecule has 0 unspecified atom stereocenters. The summed E-state index contributed by atoms with van der Waals surface area (Å²) >= 11 is 0.